The summed E-state index contributed by atoms with van der Waals surface area (Å²) in [6, 6.07) is 9.19. The molecule has 3 rings (SSSR count). The van der Waals surface area contributed by atoms with E-state index in [1.165, 1.54) is 18.0 Å². The lowest BCUT2D eigenvalue weighted by atomic mass is 10.1. The van der Waals surface area contributed by atoms with Gasteiger partial charge in [0.25, 0.3) is 5.91 Å². The molecule has 26 heavy (non-hydrogen) atoms. The molecule has 0 saturated heterocycles. The molecule has 0 bridgehead atoms. The smallest absolute Gasteiger partial charge is 0.289 e. The number of carbonyl (C=O) groups excluding carboxylic acids is 1. The van der Waals surface area contributed by atoms with Crippen LogP contribution in [0.2, 0.25) is 0 Å². The van der Waals surface area contributed by atoms with Crippen LogP contribution in [0.15, 0.2) is 51.7 Å². The van der Waals surface area contributed by atoms with Gasteiger partial charge in [-0.05, 0) is 43.7 Å². The Labute approximate surface area is 148 Å². The maximum atomic E-state index is 13.4. The maximum absolute atomic E-state index is 13.4. The summed E-state index contributed by atoms with van der Waals surface area (Å²) >= 11 is 0. The zero-order valence-electron chi connectivity index (χ0n) is 14.5. The van der Waals surface area contributed by atoms with Crippen molar-refractivity contribution in [2.75, 3.05) is 7.05 Å². The Balaban J connectivity index is 1.95. The van der Waals surface area contributed by atoms with E-state index in [-0.39, 0.29) is 11.2 Å². The molecule has 0 fully saturated rings. The van der Waals surface area contributed by atoms with Crippen LogP contribution in [-0.2, 0) is 0 Å². The Morgan fingerprint density at radius 3 is 2.50 bits per heavy atom. The first-order valence-corrected chi connectivity index (χ1v) is 8.04. The molecule has 134 valence electrons. The van der Waals surface area contributed by atoms with Gasteiger partial charge in [0.1, 0.15) is 5.58 Å². The lowest BCUT2D eigenvalue weighted by molar-refractivity contribution is 0.0710. The van der Waals surface area contributed by atoms with Crippen molar-refractivity contribution in [1.82, 2.24) is 4.90 Å². The Morgan fingerprint density at radius 2 is 1.81 bits per heavy atom. The van der Waals surface area contributed by atoms with Crippen LogP contribution in [0.3, 0.4) is 0 Å². The zero-order chi connectivity index (χ0) is 19.0. The van der Waals surface area contributed by atoms with Crippen molar-refractivity contribution in [3.63, 3.8) is 0 Å². The van der Waals surface area contributed by atoms with E-state index < -0.39 is 23.6 Å². The summed E-state index contributed by atoms with van der Waals surface area (Å²) in [5, 5.41) is 0.401. The van der Waals surface area contributed by atoms with Gasteiger partial charge >= 0.3 is 0 Å². The van der Waals surface area contributed by atoms with Gasteiger partial charge in [0.05, 0.1) is 11.4 Å². The number of hydrogen-bond acceptors (Lipinski definition) is 3. The third kappa shape index (κ3) is 3.22. The van der Waals surface area contributed by atoms with E-state index in [4.69, 9.17) is 4.42 Å². The van der Waals surface area contributed by atoms with E-state index in [2.05, 4.69) is 0 Å². The number of benzene rings is 2. The van der Waals surface area contributed by atoms with Crippen LogP contribution in [-0.4, -0.2) is 17.9 Å². The van der Waals surface area contributed by atoms with Crippen molar-refractivity contribution in [3.8, 4) is 0 Å². The molecule has 4 nitrogen and oxygen atoms in total. The third-order valence-electron chi connectivity index (χ3n) is 4.42. The molecular weight excluding hydrogens is 340 g/mol. The predicted molar refractivity (Wildman–Crippen MR) is 94.1 cm³/mol. The molecule has 0 aliphatic carbocycles. The van der Waals surface area contributed by atoms with Crippen LogP contribution >= 0.6 is 0 Å². The van der Waals surface area contributed by atoms with Crippen molar-refractivity contribution in [2.45, 2.75) is 19.9 Å². The molecule has 3 aromatic rings. The average molecular weight is 357 g/mol. The van der Waals surface area contributed by atoms with Crippen molar-refractivity contribution in [3.05, 3.63) is 81.2 Å². The molecule has 0 radical (unpaired) electrons. The third-order valence-corrected chi connectivity index (χ3v) is 4.42. The fourth-order valence-corrected chi connectivity index (χ4v) is 2.72. The predicted octanol–water partition coefficient (Wildman–Crippen LogP) is 4.21. The highest BCUT2D eigenvalue weighted by Crippen LogP contribution is 2.23. The summed E-state index contributed by atoms with van der Waals surface area (Å²) < 4.78 is 32.1. The molecule has 0 aliphatic rings. The molecule has 0 aliphatic heterocycles. The normalized spacial score (nSPS) is 12.2. The summed E-state index contributed by atoms with van der Waals surface area (Å²) in [6.45, 7) is 3.53. The number of nitrogens with zero attached hydrogens (tertiary/aromatic N) is 1. The second-order valence-electron chi connectivity index (χ2n) is 6.24. The molecule has 1 atom stereocenters. The van der Waals surface area contributed by atoms with Crippen LogP contribution < -0.4 is 5.43 Å². The van der Waals surface area contributed by atoms with Gasteiger partial charge in [-0.3, -0.25) is 9.59 Å². The standard InChI is InChI=1S/C20H17F2NO3/c1-11-4-7-18-14(8-11)17(24)10-19(26-18)20(25)23(3)12(2)13-5-6-15(21)16(22)9-13/h4-10,12H,1-3H3. The van der Waals surface area contributed by atoms with Gasteiger partial charge in [-0.1, -0.05) is 17.7 Å². The SMILES string of the molecule is Cc1ccc2oc(C(=O)N(C)C(C)c3ccc(F)c(F)c3)cc(=O)c2c1. The number of fused-ring (bicyclic) bond motifs is 1. The molecule has 0 spiro atoms. The highest BCUT2D eigenvalue weighted by atomic mass is 19.2. The molecule has 2 aromatic carbocycles. The number of carbonyl (C=O) groups is 1. The number of aryl methyl sites for hydroxylation is 1. The van der Waals surface area contributed by atoms with Crippen LogP contribution in [0.4, 0.5) is 8.78 Å². The van der Waals surface area contributed by atoms with Crippen molar-refractivity contribution in [2.24, 2.45) is 0 Å². The van der Waals surface area contributed by atoms with Gasteiger partial charge in [0.2, 0.25) is 0 Å². The van der Waals surface area contributed by atoms with Gasteiger partial charge < -0.3 is 9.32 Å². The number of rotatable bonds is 3. The number of amides is 1. The largest absolute Gasteiger partial charge is 0.451 e. The molecule has 0 saturated carbocycles. The van der Waals surface area contributed by atoms with Gasteiger partial charge in [0.15, 0.2) is 22.8 Å². The topological polar surface area (TPSA) is 50.5 Å². The lowest BCUT2D eigenvalue weighted by Crippen LogP contribution is -2.30. The average Bonchev–Trinajstić information content (AvgIpc) is 2.62. The van der Waals surface area contributed by atoms with Gasteiger partial charge in [-0.25, -0.2) is 8.78 Å². The molecule has 0 N–H and O–H groups in total. The van der Waals surface area contributed by atoms with E-state index in [0.717, 1.165) is 23.8 Å². The molecular formula is C20H17F2NO3. The first-order chi connectivity index (χ1) is 12.3. The van der Waals surface area contributed by atoms with Crippen LogP contribution in [0.25, 0.3) is 11.0 Å². The lowest BCUT2D eigenvalue weighted by Gasteiger charge is -2.25. The Kier molecular flexibility index (Phi) is 4.59. The minimum atomic E-state index is -0.984. The fraction of sp³-hybridized carbons (Fsp3) is 0.200. The minimum Gasteiger partial charge on any atom is -0.451 e. The van der Waals surface area contributed by atoms with Gasteiger partial charge in [-0.15, -0.1) is 0 Å². The molecule has 1 amide bonds. The zero-order valence-corrected chi connectivity index (χ0v) is 14.5. The van der Waals surface area contributed by atoms with Crippen LogP contribution in [0.5, 0.6) is 0 Å². The molecule has 6 heteroatoms. The molecule has 1 aromatic heterocycles. The molecule has 1 unspecified atom stereocenters. The summed E-state index contributed by atoms with van der Waals surface area (Å²) in [7, 11) is 1.51. The van der Waals surface area contributed by atoms with Gasteiger partial charge in [0, 0.05) is 13.1 Å². The Morgan fingerprint density at radius 1 is 1.08 bits per heavy atom. The van der Waals surface area contributed by atoms with Crippen LogP contribution in [0, 0.1) is 18.6 Å². The monoisotopic (exact) mass is 357 g/mol. The van der Waals surface area contributed by atoms with E-state index in [9.17, 15) is 18.4 Å². The van der Waals surface area contributed by atoms with Crippen molar-refractivity contribution >= 4 is 16.9 Å². The Hall–Kier alpha value is -3.02. The van der Waals surface area contributed by atoms with Gasteiger partial charge in [-0.2, -0.15) is 0 Å². The van der Waals surface area contributed by atoms with Crippen molar-refractivity contribution in [1.29, 1.82) is 0 Å². The summed E-state index contributed by atoms with van der Waals surface area (Å²) in [6.07, 6.45) is 0. The second-order valence-corrected chi connectivity index (χ2v) is 6.24. The van der Waals surface area contributed by atoms with E-state index in [0.29, 0.717) is 16.5 Å². The second kappa shape index (κ2) is 6.71. The highest BCUT2D eigenvalue weighted by Gasteiger charge is 2.23. The minimum absolute atomic E-state index is 0.108. The van der Waals surface area contributed by atoms with E-state index in [1.807, 2.05) is 6.92 Å². The number of halogens is 2. The molecule has 1 heterocycles. The van der Waals surface area contributed by atoms with E-state index in [1.54, 1.807) is 25.1 Å². The van der Waals surface area contributed by atoms with Crippen LogP contribution in [0.1, 0.15) is 34.6 Å². The maximum Gasteiger partial charge on any atom is 0.289 e. The summed E-state index contributed by atoms with van der Waals surface area (Å²) in [4.78, 5) is 26.3. The first kappa shape index (κ1) is 17.8. The Bertz CT molecular complexity index is 1060. The fourth-order valence-electron chi connectivity index (χ4n) is 2.72. The quantitative estimate of drug-likeness (QED) is 0.705. The first-order valence-electron chi connectivity index (χ1n) is 8.04. The summed E-state index contributed by atoms with van der Waals surface area (Å²) in [5.74, 6) is -2.57. The van der Waals surface area contributed by atoms with E-state index >= 15 is 0 Å². The summed E-state index contributed by atoms with van der Waals surface area (Å²) in [5.41, 5.74) is 1.35. The number of hydrogen-bond donors (Lipinski definition) is 0. The van der Waals surface area contributed by atoms with Crippen molar-refractivity contribution < 1.29 is 18.0 Å². The highest BCUT2D eigenvalue weighted by molar-refractivity contribution is 5.93.